The minimum atomic E-state index is -0.964. The Bertz CT molecular complexity index is 989. The van der Waals surface area contributed by atoms with E-state index in [-0.39, 0.29) is 11.8 Å². The van der Waals surface area contributed by atoms with Crippen molar-refractivity contribution in [2.75, 3.05) is 26.2 Å². The van der Waals surface area contributed by atoms with Gasteiger partial charge >= 0.3 is 0 Å². The number of piperazine rings is 1. The number of rotatable bonds is 6. The van der Waals surface area contributed by atoms with Crippen molar-refractivity contribution in [2.45, 2.75) is 26.4 Å². The van der Waals surface area contributed by atoms with Gasteiger partial charge in [-0.15, -0.1) is 0 Å². The number of nitrogens with one attached hydrogen (secondary N) is 1. The van der Waals surface area contributed by atoms with Gasteiger partial charge in [0.15, 0.2) is 0 Å². The van der Waals surface area contributed by atoms with Crippen molar-refractivity contribution in [3.63, 3.8) is 0 Å². The molecule has 1 N–H and O–H groups in total. The molecule has 1 fully saturated rings. The highest BCUT2D eigenvalue weighted by atomic mass is 19.1. The van der Waals surface area contributed by atoms with Crippen LogP contribution in [0.25, 0.3) is 0 Å². The minimum absolute atomic E-state index is 0.252. The molecule has 0 aromatic heterocycles. The molecular formula is C24H26F2N4O2. The summed E-state index contributed by atoms with van der Waals surface area (Å²) in [6, 6.07) is 11.8. The van der Waals surface area contributed by atoms with E-state index >= 15 is 0 Å². The Balaban J connectivity index is 1.60. The lowest BCUT2D eigenvalue weighted by Crippen LogP contribution is -2.56. The maximum Gasteiger partial charge on any atom is 0.257 e. The number of amides is 2. The van der Waals surface area contributed by atoms with Crippen LogP contribution in [0.3, 0.4) is 0 Å². The second kappa shape index (κ2) is 10.3. The molecule has 0 bridgehead atoms. The van der Waals surface area contributed by atoms with E-state index < -0.39 is 29.1 Å². The number of halogens is 2. The monoisotopic (exact) mass is 440 g/mol. The summed E-state index contributed by atoms with van der Waals surface area (Å²) < 4.78 is 27.9. The SMILES string of the molecule is CC(C)C(NC(=O)c1c(F)cccc1F)C(=O)N1CCN(Cc2ccc(C#N)cc2)CC1. The van der Waals surface area contributed by atoms with E-state index in [0.29, 0.717) is 38.3 Å². The lowest BCUT2D eigenvalue weighted by Gasteiger charge is -2.37. The van der Waals surface area contributed by atoms with Gasteiger partial charge in [0.25, 0.3) is 5.91 Å². The summed E-state index contributed by atoms with van der Waals surface area (Å²) in [6.45, 7) is 6.57. The molecule has 0 radical (unpaired) electrons. The molecule has 1 atom stereocenters. The minimum Gasteiger partial charge on any atom is -0.340 e. The summed E-state index contributed by atoms with van der Waals surface area (Å²) in [4.78, 5) is 29.5. The first kappa shape index (κ1) is 23.4. The highest BCUT2D eigenvalue weighted by Crippen LogP contribution is 2.16. The van der Waals surface area contributed by atoms with Crippen LogP contribution in [-0.2, 0) is 11.3 Å². The second-order valence-corrected chi connectivity index (χ2v) is 8.20. The zero-order chi connectivity index (χ0) is 23.3. The third-order valence-electron chi connectivity index (χ3n) is 5.58. The third-order valence-corrected chi connectivity index (χ3v) is 5.58. The van der Waals surface area contributed by atoms with Gasteiger partial charge in [-0.3, -0.25) is 14.5 Å². The summed E-state index contributed by atoms with van der Waals surface area (Å²) in [5, 5.41) is 11.4. The smallest absolute Gasteiger partial charge is 0.257 e. The zero-order valence-electron chi connectivity index (χ0n) is 18.1. The van der Waals surface area contributed by atoms with Gasteiger partial charge in [-0.2, -0.15) is 5.26 Å². The van der Waals surface area contributed by atoms with Crippen molar-refractivity contribution in [1.82, 2.24) is 15.1 Å². The normalized spacial score (nSPS) is 15.3. The Morgan fingerprint density at radius 2 is 1.62 bits per heavy atom. The third kappa shape index (κ3) is 5.48. The van der Waals surface area contributed by atoms with Gasteiger partial charge in [0.1, 0.15) is 23.2 Å². The van der Waals surface area contributed by atoms with Gasteiger partial charge in [-0.05, 0) is 35.7 Å². The number of benzene rings is 2. The number of carbonyl (C=O) groups excluding carboxylic acids is 2. The largest absolute Gasteiger partial charge is 0.340 e. The summed E-state index contributed by atoms with van der Waals surface area (Å²) >= 11 is 0. The van der Waals surface area contributed by atoms with Gasteiger partial charge in [-0.25, -0.2) is 8.78 Å². The van der Waals surface area contributed by atoms with Crippen molar-refractivity contribution >= 4 is 11.8 Å². The Morgan fingerprint density at radius 1 is 1.03 bits per heavy atom. The van der Waals surface area contributed by atoms with Gasteiger partial charge in [0, 0.05) is 32.7 Å². The topological polar surface area (TPSA) is 76.4 Å². The number of nitriles is 1. The number of hydrogen-bond donors (Lipinski definition) is 1. The molecule has 168 valence electrons. The Kier molecular flexibility index (Phi) is 7.54. The van der Waals surface area contributed by atoms with Crippen LogP contribution in [0.1, 0.15) is 35.3 Å². The van der Waals surface area contributed by atoms with Crippen molar-refractivity contribution in [3.8, 4) is 6.07 Å². The van der Waals surface area contributed by atoms with E-state index in [4.69, 9.17) is 5.26 Å². The molecule has 0 spiro atoms. The van der Waals surface area contributed by atoms with Gasteiger partial charge in [0.05, 0.1) is 11.6 Å². The molecule has 2 aromatic carbocycles. The van der Waals surface area contributed by atoms with E-state index in [1.807, 2.05) is 12.1 Å². The molecule has 1 saturated heterocycles. The quantitative estimate of drug-likeness (QED) is 0.750. The van der Waals surface area contributed by atoms with Gasteiger partial charge in [-0.1, -0.05) is 32.0 Å². The molecule has 1 unspecified atom stereocenters. The van der Waals surface area contributed by atoms with E-state index in [9.17, 15) is 18.4 Å². The second-order valence-electron chi connectivity index (χ2n) is 8.20. The molecule has 2 aromatic rings. The summed E-state index contributed by atoms with van der Waals surface area (Å²) in [6.07, 6.45) is 0. The van der Waals surface area contributed by atoms with Crippen molar-refractivity contribution in [3.05, 3.63) is 70.8 Å². The zero-order valence-corrected chi connectivity index (χ0v) is 18.1. The number of nitrogens with zero attached hydrogens (tertiary/aromatic N) is 3. The highest BCUT2D eigenvalue weighted by molar-refractivity contribution is 5.98. The molecule has 0 aliphatic carbocycles. The molecule has 1 aliphatic rings. The lowest BCUT2D eigenvalue weighted by molar-refractivity contribution is -0.136. The van der Waals surface area contributed by atoms with Crippen LogP contribution in [-0.4, -0.2) is 53.8 Å². The van der Waals surface area contributed by atoms with Crippen LogP contribution in [0.2, 0.25) is 0 Å². The van der Waals surface area contributed by atoms with E-state index in [1.54, 1.807) is 30.9 Å². The summed E-state index contributed by atoms with van der Waals surface area (Å²) in [7, 11) is 0. The highest BCUT2D eigenvalue weighted by Gasteiger charge is 2.32. The molecule has 6 nitrogen and oxygen atoms in total. The molecule has 8 heteroatoms. The predicted octanol–water partition coefficient (Wildman–Crippen LogP) is 2.94. The molecule has 1 heterocycles. The number of carbonyl (C=O) groups is 2. The molecule has 3 rings (SSSR count). The first-order valence-electron chi connectivity index (χ1n) is 10.5. The Hall–Kier alpha value is -3.31. The van der Waals surface area contributed by atoms with E-state index in [1.165, 1.54) is 6.07 Å². The van der Waals surface area contributed by atoms with Crippen molar-refractivity contribution in [1.29, 1.82) is 5.26 Å². The predicted molar refractivity (Wildman–Crippen MR) is 115 cm³/mol. The fraction of sp³-hybridized carbons (Fsp3) is 0.375. The van der Waals surface area contributed by atoms with Crippen LogP contribution in [0, 0.1) is 28.9 Å². The Morgan fingerprint density at radius 3 is 2.16 bits per heavy atom. The summed E-state index contributed by atoms with van der Waals surface area (Å²) in [5.74, 6) is -3.38. The maximum atomic E-state index is 14.0. The standard InChI is InChI=1S/C24H26F2N4O2/c1-16(2)22(28-23(31)21-19(25)4-3-5-20(21)26)24(32)30-12-10-29(11-13-30)15-18-8-6-17(14-27)7-9-18/h3-9,16,22H,10-13,15H2,1-2H3,(H,28,31). The number of hydrogen-bond acceptors (Lipinski definition) is 4. The van der Waals surface area contributed by atoms with Crippen LogP contribution in [0.5, 0.6) is 0 Å². The van der Waals surface area contributed by atoms with Crippen molar-refractivity contribution < 1.29 is 18.4 Å². The Labute approximate surface area is 186 Å². The van der Waals surface area contributed by atoms with E-state index in [0.717, 1.165) is 17.7 Å². The molecule has 2 amide bonds. The first-order chi connectivity index (χ1) is 15.3. The average Bonchev–Trinajstić information content (AvgIpc) is 2.78. The first-order valence-corrected chi connectivity index (χ1v) is 10.5. The maximum absolute atomic E-state index is 14.0. The fourth-order valence-electron chi connectivity index (χ4n) is 3.71. The van der Waals surface area contributed by atoms with Crippen molar-refractivity contribution in [2.24, 2.45) is 5.92 Å². The molecule has 0 saturated carbocycles. The molecule has 1 aliphatic heterocycles. The average molecular weight is 440 g/mol. The van der Waals surface area contributed by atoms with Gasteiger partial charge < -0.3 is 10.2 Å². The van der Waals surface area contributed by atoms with E-state index in [2.05, 4.69) is 16.3 Å². The van der Waals surface area contributed by atoms with Crippen LogP contribution < -0.4 is 5.32 Å². The fourth-order valence-corrected chi connectivity index (χ4v) is 3.71. The molecule has 32 heavy (non-hydrogen) atoms. The van der Waals surface area contributed by atoms with Crippen LogP contribution >= 0.6 is 0 Å². The summed E-state index contributed by atoms with van der Waals surface area (Å²) in [5.41, 5.74) is 1.02. The lowest BCUT2D eigenvalue weighted by atomic mass is 10.0. The van der Waals surface area contributed by atoms with Crippen LogP contribution in [0.4, 0.5) is 8.78 Å². The van der Waals surface area contributed by atoms with Crippen LogP contribution in [0.15, 0.2) is 42.5 Å². The molecular weight excluding hydrogens is 414 g/mol. The van der Waals surface area contributed by atoms with Gasteiger partial charge in [0.2, 0.25) is 5.91 Å².